The number of ether oxygens (including phenoxy) is 2. The van der Waals surface area contributed by atoms with Crippen LogP contribution in [-0.4, -0.2) is 85.4 Å². The fourth-order valence-corrected chi connectivity index (χ4v) is 5.55. The Hall–Kier alpha value is -3.73. The molecule has 40 heavy (non-hydrogen) atoms. The van der Waals surface area contributed by atoms with Crippen LogP contribution in [0.4, 0.5) is 5.82 Å². The molecule has 0 N–H and O–H groups in total. The van der Waals surface area contributed by atoms with Gasteiger partial charge in [-0.15, -0.1) is 0 Å². The van der Waals surface area contributed by atoms with Crippen LogP contribution < -0.4 is 9.64 Å². The van der Waals surface area contributed by atoms with Gasteiger partial charge < -0.3 is 19.3 Å². The number of fused-ring (bicyclic) bond motifs is 2. The topological polar surface area (TPSA) is 103 Å². The zero-order valence-corrected chi connectivity index (χ0v) is 24.1. The Morgan fingerprint density at radius 2 is 1.75 bits per heavy atom. The Kier molecular flexibility index (Phi) is 6.85. The molecule has 212 valence electrons. The average Bonchev–Trinajstić information content (AvgIpc) is 3.49. The van der Waals surface area contributed by atoms with E-state index in [0.717, 1.165) is 55.0 Å². The molecular formula is C29H38N8O3. The summed E-state index contributed by atoms with van der Waals surface area (Å²) in [7, 11) is 1.94. The predicted molar refractivity (Wildman–Crippen MR) is 153 cm³/mol. The molecule has 1 aromatic carbocycles. The van der Waals surface area contributed by atoms with Gasteiger partial charge in [-0.3, -0.25) is 13.9 Å². The first-order valence-electron chi connectivity index (χ1n) is 14.2. The van der Waals surface area contributed by atoms with Crippen molar-refractivity contribution in [1.29, 1.82) is 0 Å². The van der Waals surface area contributed by atoms with Crippen LogP contribution in [0.2, 0.25) is 0 Å². The molecule has 0 spiro atoms. The Balaban J connectivity index is 1.37. The van der Waals surface area contributed by atoms with Crippen molar-refractivity contribution in [2.24, 2.45) is 12.5 Å². The first-order chi connectivity index (χ1) is 19.2. The van der Waals surface area contributed by atoms with Gasteiger partial charge >= 0.3 is 0 Å². The summed E-state index contributed by atoms with van der Waals surface area (Å²) in [5, 5.41) is 0. The van der Waals surface area contributed by atoms with Crippen molar-refractivity contribution < 1.29 is 14.3 Å². The third-order valence-corrected chi connectivity index (χ3v) is 7.75. The smallest absolute Gasteiger partial charge is 0.298 e. The van der Waals surface area contributed by atoms with Crippen LogP contribution in [0.15, 0.2) is 24.3 Å². The number of para-hydroxylation sites is 2. The number of carbonyl (C=O) groups is 1. The third kappa shape index (κ3) is 4.76. The van der Waals surface area contributed by atoms with E-state index in [2.05, 4.69) is 17.9 Å². The predicted octanol–water partition coefficient (Wildman–Crippen LogP) is 3.52. The van der Waals surface area contributed by atoms with E-state index >= 15 is 0 Å². The van der Waals surface area contributed by atoms with Gasteiger partial charge in [-0.05, 0) is 12.1 Å². The molecule has 0 unspecified atom stereocenters. The molecule has 2 aliphatic heterocycles. The van der Waals surface area contributed by atoms with Gasteiger partial charge in [0.15, 0.2) is 17.0 Å². The quantitative estimate of drug-likeness (QED) is 0.375. The largest absolute Gasteiger partial charge is 0.461 e. The number of morpholine rings is 1. The summed E-state index contributed by atoms with van der Waals surface area (Å²) in [5.41, 5.74) is 2.94. The summed E-state index contributed by atoms with van der Waals surface area (Å²) in [6.07, 6.45) is 2.25. The normalized spacial score (nSPS) is 17.2. The zero-order chi connectivity index (χ0) is 28.0. The van der Waals surface area contributed by atoms with Gasteiger partial charge in [-0.25, -0.2) is 4.98 Å². The maximum absolute atomic E-state index is 12.7. The lowest BCUT2D eigenvalue weighted by Gasteiger charge is -2.35. The summed E-state index contributed by atoms with van der Waals surface area (Å²) in [6, 6.07) is 8.59. The molecule has 11 nitrogen and oxygen atoms in total. The van der Waals surface area contributed by atoms with Crippen molar-refractivity contribution in [3.8, 4) is 12.0 Å². The highest BCUT2D eigenvalue weighted by Crippen LogP contribution is 2.31. The number of imidazole rings is 2. The molecule has 0 saturated carbocycles. The van der Waals surface area contributed by atoms with E-state index in [1.165, 1.54) is 0 Å². The van der Waals surface area contributed by atoms with E-state index in [4.69, 9.17) is 29.4 Å². The second-order valence-corrected chi connectivity index (χ2v) is 11.6. The van der Waals surface area contributed by atoms with E-state index in [1.807, 2.05) is 60.1 Å². The van der Waals surface area contributed by atoms with Gasteiger partial charge in [0.2, 0.25) is 11.9 Å². The molecule has 0 atom stereocenters. The Bertz CT molecular complexity index is 1540. The highest BCUT2D eigenvalue weighted by atomic mass is 16.5. The van der Waals surface area contributed by atoms with E-state index in [1.54, 1.807) is 0 Å². The van der Waals surface area contributed by atoms with Crippen molar-refractivity contribution in [3.63, 3.8) is 0 Å². The minimum atomic E-state index is -0.379. The molecule has 2 aliphatic rings. The van der Waals surface area contributed by atoms with Gasteiger partial charge in [0.25, 0.3) is 6.01 Å². The van der Waals surface area contributed by atoms with E-state index < -0.39 is 0 Å². The lowest BCUT2D eigenvalue weighted by molar-refractivity contribution is -0.141. The zero-order valence-electron chi connectivity index (χ0n) is 24.1. The summed E-state index contributed by atoms with van der Waals surface area (Å²) in [6.45, 7) is 12.1. The lowest BCUT2D eigenvalue weighted by atomic mass is 9.93. The number of likely N-dealkylation sites (tertiary alicyclic amines) is 1. The number of aromatic nitrogens is 6. The molecule has 4 aromatic rings. The van der Waals surface area contributed by atoms with E-state index in [0.29, 0.717) is 49.4 Å². The molecule has 0 bridgehead atoms. The van der Waals surface area contributed by atoms with Crippen LogP contribution in [0.25, 0.3) is 28.1 Å². The Labute approximate surface area is 234 Å². The number of aryl methyl sites for hydroxylation is 2. The van der Waals surface area contributed by atoms with Gasteiger partial charge in [-0.1, -0.05) is 39.8 Å². The van der Waals surface area contributed by atoms with Crippen molar-refractivity contribution >= 4 is 33.9 Å². The lowest BCUT2D eigenvalue weighted by Crippen LogP contribution is -2.46. The summed E-state index contributed by atoms with van der Waals surface area (Å²) < 4.78 is 16.1. The SMILES string of the molecule is CCc1nc2ccccc2n1-c1nc(N2CCOCC2)c2nc(OC3CCN(C(=O)C(C)(C)C)CC3)n(C)c2n1. The van der Waals surface area contributed by atoms with E-state index in [9.17, 15) is 4.79 Å². The monoisotopic (exact) mass is 546 g/mol. The molecular weight excluding hydrogens is 508 g/mol. The van der Waals surface area contributed by atoms with Crippen LogP contribution in [0.5, 0.6) is 6.01 Å². The van der Waals surface area contributed by atoms with Gasteiger partial charge in [0.05, 0.1) is 24.2 Å². The fraction of sp³-hybridized carbons (Fsp3) is 0.552. The maximum Gasteiger partial charge on any atom is 0.298 e. The highest BCUT2D eigenvalue weighted by Gasteiger charge is 2.32. The summed E-state index contributed by atoms with van der Waals surface area (Å²) in [5.74, 6) is 2.44. The van der Waals surface area contributed by atoms with Crippen molar-refractivity contribution in [2.45, 2.75) is 53.1 Å². The third-order valence-electron chi connectivity index (χ3n) is 7.75. The molecule has 0 radical (unpaired) electrons. The summed E-state index contributed by atoms with van der Waals surface area (Å²) >= 11 is 0. The number of nitrogens with zero attached hydrogens (tertiary/aromatic N) is 8. The van der Waals surface area contributed by atoms with Crippen LogP contribution in [-0.2, 0) is 23.0 Å². The number of hydrogen-bond donors (Lipinski definition) is 0. The molecule has 1 amide bonds. The molecule has 6 rings (SSSR count). The number of anilines is 1. The summed E-state index contributed by atoms with van der Waals surface area (Å²) in [4.78, 5) is 36.8. The van der Waals surface area contributed by atoms with E-state index in [-0.39, 0.29) is 17.4 Å². The maximum atomic E-state index is 12.7. The second kappa shape index (κ2) is 10.3. The van der Waals surface area contributed by atoms with Crippen LogP contribution in [0.1, 0.15) is 46.4 Å². The van der Waals surface area contributed by atoms with Crippen LogP contribution >= 0.6 is 0 Å². The van der Waals surface area contributed by atoms with Crippen LogP contribution in [0.3, 0.4) is 0 Å². The molecule has 11 heteroatoms. The van der Waals surface area contributed by atoms with Crippen LogP contribution in [0, 0.1) is 5.41 Å². The molecule has 3 aromatic heterocycles. The minimum Gasteiger partial charge on any atom is -0.461 e. The first kappa shape index (κ1) is 26.5. The van der Waals surface area contributed by atoms with Crippen molar-refractivity contribution in [1.82, 2.24) is 34.0 Å². The first-order valence-corrected chi connectivity index (χ1v) is 14.2. The molecule has 2 saturated heterocycles. The Morgan fingerprint density at radius 1 is 1.02 bits per heavy atom. The number of carbonyl (C=O) groups excluding carboxylic acids is 1. The number of benzene rings is 1. The van der Waals surface area contributed by atoms with Gasteiger partial charge in [-0.2, -0.15) is 15.0 Å². The number of rotatable bonds is 5. The Morgan fingerprint density at radius 3 is 2.45 bits per heavy atom. The number of piperidine rings is 1. The standard InChI is InChI=1S/C29H38N8O3/c1-6-22-30-20-9-7-8-10-21(20)37(22)27-32-24-23(25(33-27)35-15-17-39-18-16-35)31-28(34(24)5)40-19-11-13-36(14-12-19)26(38)29(2,3)4/h7-10,19H,6,11-18H2,1-5H3. The second-order valence-electron chi connectivity index (χ2n) is 11.6. The average molecular weight is 547 g/mol. The van der Waals surface area contributed by atoms with Crippen molar-refractivity contribution in [3.05, 3.63) is 30.1 Å². The van der Waals surface area contributed by atoms with Gasteiger partial charge in [0, 0.05) is 57.9 Å². The number of hydrogen-bond acceptors (Lipinski definition) is 8. The molecule has 2 fully saturated rings. The fourth-order valence-electron chi connectivity index (χ4n) is 5.55. The molecule has 5 heterocycles. The highest BCUT2D eigenvalue weighted by molar-refractivity contribution is 5.86. The van der Waals surface area contributed by atoms with Crippen molar-refractivity contribution in [2.75, 3.05) is 44.3 Å². The van der Waals surface area contributed by atoms with Gasteiger partial charge in [0.1, 0.15) is 11.9 Å². The minimum absolute atomic E-state index is 0.0249. The number of amides is 1. The molecule has 0 aliphatic carbocycles.